The molecule has 0 bridgehead atoms. The molecule has 166 valence electrons. The fourth-order valence-corrected chi connectivity index (χ4v) is 4.42. The number of aryl methyl sites for hydroxylation is 1. The molecule has 0 fully saturated rings. The molecule has 1 aliphatic rings. The summed E-state index contributed by atoms with van der Waals surface area (Å²) >= 11 is 0. The number of nitrogens with zero attached hydrogens (tertiary/aromatic N) is 2. The maximum Gasteiger partial charge on any atom is 0.273 e. The van der Waals surface area contributed by atoms with Crippen LogP contribution in [0.3, 0.4) is 0 Å². The zero-order valence-electron chi connectivity index (χ0n) is 18.5. The van der Waals surface area contributed by atoms with Crippen molar-refractivity contribution in [3.8, 4) is 17.0 Å². The van der Waals surface area contributed by atoms with Crippen LogP contribution < -0.4 is 4.74 Å². The van der Waals surface area contributed by atoms with Crippen LogP contribution in [0.1, 0.15) is 38.8 Å². The van der Waals surface area contributed by atoms with Gasteiger partial charge in [-0.2, -0.15) is 5.10 Å². The first kappa shape index (κ1) is 20.9. The Balaban J connectivity index is 1.53. The number of aromatic amines is 1. The van der Waals surface area contributed by atoms with Gasteiger partial charge in [0.15, 0.2) is 0 Å². The van der Waals surface area contributed by atoms with Crippen molar-refractivity contribution in [2.75, 3.05) is 13.7 Å². The second kappa shape index (κ2) is 8.54. The first-order chi connectivity index (χ1) is 16.0. The van der Waals surface area contributed by atoms with Crippen molar-refractivity contribution in [3.63, 3.8) is 0 Å². The number of carbonyl (C=O) groups is 1. The quantitative estimate of drug-likeness (QED) is 0.441. The van der Waals surface area contributed by atoms with Gasteiger partial charge in [-0.15, -0.1) is 0 Å². The van der Waals surface area contributed by atoms with Gasteiger partial charge in [0.2, 0.25) is 0 Å². The lowest BCUT2D eigenvalue weighted by molar-refractivity contribution is 0.0745. The Labute approximate surface area is 191 Å². The van der Waals surface area contributed by atoms with Gasteiger partial charge in [-0.1, -0.05) is 54.1 Å². The number of H-pyrrole nitrogens is 1. The zero-order chi connectivity index (χ0) is 22.9. The van der Waals surface area contributed by atoms with Crippen molar-refractivity contribution < 1.29 is 13.9 Å². The van der Waals surface area contributed by atoms with Crippen LogP contribution in [-0.4, -0.2) is 34.7 Å². The SMILES string of the molecule is COc1ccc(CCN2C(=O)c3[nH]nc(-c4ccc(C)cc4)c3C2c2cccc(F)c2)cc1. The Morgan fingerprint density at radius 2 is 1.82 bits per heavy atom. The highest BCUT2D eigenvalue weighted by Crippen LogP contribution is 2.42. The van der Waals surface area contributed by atoms with Gasteiger partial charge in [-0.3, -0.25) is 9.89 Å². The van der Waals surface area contributed by atoms with Crippen molar-refractivity contribution in [3.05, 3.63) is 107 Å². The van der Waals surface area contributed by atoms with Crippen LogP contribution in [0, 0.1) is 12.7 Å². The van der Waals surface area contributed by atoms with Crippen LogP contribution in [0.5, 0.6) is 5.75 Å². The van der Waals surface area contributed by atoms with Gasteiger partial charge in [0, 0.05) is 17.7 Å². The standard InChI is InChI=1S/C27H24FN3O2/c1-17-6-10-19(11-7-17)24-23-25(30-29-24)27(32)31(26(23)20-4-3-5-21(28)16-20)15-14-18-8-12-22(33-2)13-9-18/h3-13,16,26H,14-15H2,1-2H3,(H,29,30). The van der Waals surface area contributed by atoms with Gasteiger partial charge in [-0.25, -0.2) is 4.39 Å². The molecule has 3 aromatic carbocycles. The first-order valence-corrected chi connectivity index (χ1v) is 10.9. The van der Waals surface area contributed by atoms with E-state index in [1.54, 1.807) is 18.1 Å². The number of nitrogens with one attached hydrogen (secondary N) is 1. The van der Waals surface area contributed by atoms with Crippen molar-refractivity contribution in [1.82, 2.24) is 15.1 Å². The molecule has 1 amide bonds. The number of carbonyl (C=O) groups excluding carboxylic acids is 1. The van der Waals surface area contributed by atoms with Crippen LogP contribution in [-0.2, 0) is 6.42 Å². The van der Waals surface area contributed by atoms with Gasteiger partial charge in [0.05, 0.1) is 18.8 Å². The Bertz CT molecular complexity index is 1300. The first-order valence-electron chi connectivity index (χ1n) is 10.9. The summed E-state index contributed by atoms with van der Waals surface area (Å²) in [6.45, 7) is 2.51. The van der Waals surface area contributed by atoms with Crippen LogP contribution >= 0.6 is 0 Å². The number of halogens is 1. The average Bonchev–Trinajstić information content (AvgIpc) is 3.37. The van der Waals surface area contributed by atoms with Gasteiger partial charge < -0.3 is 9.64 Å². The third kappa shape index (κ3) is 3.89. The van der Waals surface area contributed by atoms with E-state index in [1.165, 1.54) is 12.1 Å². The minimum Gasteiger partial charge on any atom is -0.497 e. The second-order valence-electron chi connectivity index (χ2n) is 8.28. The molecule has 1 aliphatic heterocycles. The Morgan fingerprint density at radius 3 is 2.52 bits per heavy atom. The lowest BCUT2D eigenvalue weighted by atomic mass is 9.95. The van der Waals surface area contributed by atoms with Crippen LogP contribution in [0.2, 0.25) is 0 Å². The molecule has 4 aromatic rings. The zero-order valence-corrected chi connectivity index (χ0v) is 18.5. The number of hydrogen-bond donors (Lipinski definition) is 1. The molecule has 33 heavy (non-hydrogen) atoms. The lowest BCUT2D eigenvalue weighted by Gasteiger charge is -2.26. The largest absolute Gasteiger partial charge is 0.497 e. The summed E-state index contributed by atoms with van der Waals surface area (Å²) in [4.78, 5) is 15.2. The van der Waals surface area contributed by atoms with E-state index in [-0.39, 0.29) is 11.7 Å². The summed E-state index contributed by atoms with van der Waals surface area (Å²) in [7, 11) is 1.63. The van der Waals surface area contributed by atoms with Gasteiger partial charge in [-0.05, 0) is 48.7 Å². The molecule has 0 aliphatic carbocycles. The maximum atomic E-state index is 14.2. The molecule has 1 atom stereocenters. The molecule has 5 rings (SSSR count). The molecule has 5 nitrogen and oxygen atoms in total. The second-order valence-corrected chi connectivity index (χ2v) is 8.28. The third-order valence-corrected chi connectivity index (χ3v) is 6.15. The summed E-state index contributed by atoms with van der Waals surface area (Å²) in [6.07, 6.45) is 0.666. The molecular formula is C27H24FN3O2. The van der Waals surface area contributed by atoms with E-state index in [9.17, 15) is 9.18 Å². The number of methoxy groups -OCH3 is 1. The minimum absolute atomic E-state index is 0.126. The van der Waals surface area contributed by atoms with E-state index in [0.29, 0.717) is 18.7 Å². The van der Waals surface area contributed by atoms with Crippen LogP contribution in [0.25, 0.3) is 11.3 Å². The normalized spacial score (nSPS) is 15.1. The smallest absolute Gasteiger partial charge is 0.273 e. The topological polar surface area (TPSA) is 58.2 Å². The monoisotopic (exact) mass is 441 g/mol. The highest BCUT2D eigenvalue weighted by Gasteiger charge is 2.42. The summed E-state index contributed by atoms with van der Waals surface area (Å²) in [5.41, 5.74) is 5.87. The average molecular weight is 442 g/mol. The van der Waals surface area contributed by atoms with Crippen molar-refractivity contribution in [2.45, 2.75) is 19.4 Å². The Morgan fingerprint density at radius 1 is 1.06 bits per heavy atom. The highest BCUT2D eigenvalue weighted by molar-refractivity contribution is 6.00. The number of ether oxygens (including phenoxy) is 1. The fraction of sp³-hybridized carbons (Fsp3) is 0.185. The molecule has 6 heteroatoms. The Kier molecular flexibility index (Phi) is 5.42. The molecule has 0 saturated carbocycles. The third-order valence-electron chi connectivity index (χ3n) is 6.15. The molecule has 2 heterocycles. The summed E-state index contributed by atoms with van der Waals surface area (Å²) < 4.78 is 19.4. The van der Waals surface area contributed by atoms with Gasteiger partial charge >= 0.3 is 0 Å². The number of amides is 1. The number of benzene rings is 3. The predicted molar refractivity (Wildman–Crippen MR) is 125 cm³/mol. The molecule has 1 unspecified atom stereocenters. The number of fused-ring (bicyclic) bond motifs is 1. The molecule has 0 radical (unpaired) electrons. The molecule has 1 N–H and O–H groups in total. The maximum absolute atomic E-state index is 14.2. The molecular weight excluding hydrogens is 417 g/mol. The van der Waals surface area contributed by atoms with Gasteiger partial charge in [0.1, 0.15) is 17.3 Å². The number of hydrogen-bond acceptors (Lipinski definition) is 3. The minimum atomic E-state index is -0.420. The predicted octanol–water partition coefficient (Wildman–Crippen LogP) is 5.32. The number of rotatable bonds is 6. The van der Waals surface area contributed by atoms with Crippen LogP contribution in [0.15, 0.2) is 72.8 Å². The van der Waals surface area contributed by atoms with Crippen molar-refractivity contribution >= 4 is 5.91 Å². The van der Waals surface area contributed by atoms with Crippen molar-refractivity contribution in [2.24, 2.45) is 0 Å². The van der Waals surface area contributed by atoms with Crippen molar-refractivity contribution in [1.29, 1.82) is 0 Å². The highest BCUT2D eigenvalue weighted by atomic mass is 19.1. The van der Waals surface area contributed by atoms with E-state index in [1.807, 2.05) is 61.5 Å². The number of aromatic nitrogens is 2. The van der Waals surface area contributed by atoms with E-state index < -0.39 is 6.04 Å². The van der Waals surface area contributed by atoms with E-state index in [2.05, 4.69) is 10.2 Å². The van der Waals surface area contributed by atoms with E-state index in [4.69, 9.17) is 4.74 Å². The van der Waals surface area contributed by atoms with E-state index >= 15 is 0 Å². The lowest BCUT2D eigenvalue weighted by Crippen LogP contribution is -2.31. The summed E-state index contributed by atoms with van der Waals surface area (Å²) in [5, 5.41) is 7.43. The van der Waals surface area contributed by atoms with E-state index in [0.717, 1.165) is 39.3 Å². The fourth-order valence-electron chi connectivity index (χ4n) is 4.42. The molecule has 0 spiro atoms. The summed E-state index contributed by atoms with van der Waals surface area (Å²) in [6, 6.07) is 21.9. The molecule has 1 aromatic heterocycles. The van der Waals surface area contributed by atoms with Crippen LogP contribution in [0.4, 0.5) is 4.39 Å². The summed E-state index contributed by atoms with van der Waals surface area (Å²) in [5.74, 6) is 0.333. The molecule has 0 saturated heterocycles. The van der Waals surface area contributed by atoms with Gasteiger partial charge in [0.25, 0.3) is 5.91 Å². The Hall–Kier alpha value is -3.93.